The summed E-state index contributed by atoms with van der Waals surface area (Å²) in [5, 5.41) is 3.39. The lowest BCUT2D eigenvalue weighted by Gasteiger charge is -2.37. The van der Waals surface area contributed by atoms with E-state index in [9.17, 15) is 8.42 Å². The molecule has 1 aromatic rings. The Labute approximate surface area is 131 Å². The summed E-state index contributed by atoms with van der Waals surface area (Å²) >= 11 is 6.15. The molecule has 0 atom stereocenters. The summed E-state index contributed by atoms with van der Waals surface area (Å²) in [7, 11) is -3.26. The minimum atomic E-state index is -3.26. The van der Waals surface area contributed by atoms with Crippen LogP contribution < -0.4 is 5.32 Å². The highest BCUT2D eigenvalue weighted by Gasteiger charge is 2.33. The number of ether oxygens (including phenoxy) is 1. The van der Waals surface area contributed by atoms with Crippen molar-refractivity contribution in [1.29, 1.82) is 0 Å². The topological polar surface area (TPSA) is 55.4 Å². The van der Waals surface area contributed by atoms with Gasteiger partial charge in [-0.05, 0) is 31.4 Å². The van der Waals surface area contributed by atoms with Gasteiger partial charge < -0.3 is 10.1 Å². The number of para-hydroxylation sites is 1. The van der Waals surface area contributed by atoms with E-state index in [0.29, 0.717) is 36.1 Å². The number of halogens is 1. The van der Waals surface area contributed by atoms with E-state index in [1.807, 2.05) is 19.1 Å². The van der Waals surface area contributed by atoms with Gasteiger partial charge in [0.25, 0.3) is 0 Å². The van der Waals surface area contributed by atoms with Crippen LogP contribution in [0.2, 0.25) is 0 Å². The fourth-order valence-corrected chi connectivity index (χ4v) is 4.39. The maximum Gasteiger partial charge on any atom is 0.180 e. The summed E-state index contributed by atoms with van der Waals surface area (Å²) in [5.74, 6) is 0.585. The van der Waals surface area contributed by atoms with Crippen molar-refractivity contribution in [2.75, 3.05) is 30.2 Å². The normalized spacial score (nSPS) is 18.4. The zero-order chi connectivity index (χ0) is 15.3. The van der Waals surface area contributed by atoms with E-state index in [4.69, 9.17) is 16.3 Å². The van der Waals surface area contributed by atoms with E-state index in [2.05, 4.69) is 5.32 Å². The van der Waals surface area contributed by atoms with Gasteiger partial charge in [-0.2, -0.15) is 0 Å². The van der Waals surface area contributed by atoms with Crippen LogP contribution in [0, 0.1) is 0 Å². The summed E-state index contributed by atoms with van der Waals surface area (Å²) in [6.07, 6.45) is 2.16. The molecule has 0 bridgehead atoms. The van der Waals surface area contributed by atoms with Crippen LogP contribution in [-0.4, -0.2) is 38.8 Å². The molecule has 1 aromatic carbocycles. The van der Waals surface area contributed by atoms with E-state index in [1.54, 1.807) is 12.1 Å². The molecule has 0 saturated carbocycles. The van der Waals surface area contributed by atoms with Gasteiger partial charge in [-0.15, -0.1) is 11.6 Å². The lowest BCUT2D eigenvalue weighted by molar-refractivity contribution is 0.0667. The van der Waals surface area contributed by atoms with Crippen molar-refractivity contribution >= 4 is 27.1 Å². The van der Waals surface area contributed by atoms with E-state index < -0.39 is 9.84 Å². The number of rotatable bonds is 6. The van der Waals surface area contributed by atoms with Crippen molar-refractivity contribution in [3.63, 3.8) is 0 Å². The van der Waals surface area contributed by atoms with Gasteiger partial charge in [-0.1, -0.05) is 19.1 Å². The van der Waals surface area contributed by atoms with Crippen molar-refractivity contribution in [2.45, 2.75) is 36.6 Å². The molecule has 118 valence electrons. The predicted molar refractivity (Wildman–Crippen MR) is 85.9 cm³/mol. The van der Waals surface area contributed by atoms with Gasteiger partial charge in [0.05, 0.1) is 21.9 Å². The molecule has 2 rings (SSSR count). The Morgan fingerprint density at radius 1 is 1.29 bits per heavy atom. The minimum absolute atomic E-state index is 0.155. The quantitative estimate of drug-likeness (QED) is 0.814. The second-order valence-corrected chi connectivity index (χ2v) is 7.81. The standard InChI is InChI=1S/C15H22ClNO3S/c1-2-11-21(18,19)14-6-4-3-5-13(14)17-15(12-16)7-9-20-10-8-15/h3-6,17H,2,7-12H2,1H3. The monoisotopic (exact) mass is 331 g/mol. The highest BCUT2D eigenvalue weighted by molar-refractivity contribution is 7.91. The molecule has 1 saturated heterocycles. The molecule has 21 heavy (non-hydrogen) atoms. The molecule has 0 aliphatic carbocycles. The molecule has 1 N–H and O–H groups in total. The molecule has 4 nitrogen and oxygen atoms in total. The Hall–Kier alpha value is -0.780. The smallest absolute Gasteiger partial charge is 0.180 e. The summed E-state index contributed by atoms with van der Waals surface area (Å²) in [6.45, 7) is 3.15. The van der Waals surface area contributed by atoms with Crippen molar-refractivity contribution in [2.24, 2.45) is 0 Å². The van der Waals surface area contributed by atoms with Crippen LogP contribution in [0.25, 0.3) is 0 Å². The Morgan fingerprint density at radius 2 is 1.95 bits per heavy atom. The second kappa shape index (κ2) is 6.99. The number of anilines is 1. The molecule has 0 spiro atoms. The first-order valence-corrected chi connectivity index (χ1v) is 9.45. The lowest BCUT2D eigenvalue weighted by atomic mass is 9.92. The molecule has 1 aliphatic heterocycles. The van der Waals surface area contributed by atoms with Gasteiger partial charge in [-0.25, -0.2) is 8.42 Å². The maximum absolute atomic E-state index is 12.4. The third-order valence-corrected chi connectivity index (χ3v) is 6.28. The third kappa shape index (κ3) is 3.90. The van der Waals surface area contributed by atoms with Gasteiger partial charge >= 0.3 is 0 Å². The molecule has 6 heteroatoms. The molecular formula is C15H22ClNO3S. The number of hydrogen-bond acceptors (Lipinski definition) is 4. The first-order chi connectivity index (χ1) is 10.0. The SMILES string of the molecule is CCCS(=O)(=O)c1ccccc1NC1(CCl)CCOCC1. The van der Waals surface area contributed by atoms with Crippen LogP contribution >= 0.6 is 11.6 Å². The first kappa shape index (κ1) is 16.6. The molecule has 0 amide bonds. The Morgan fingerprint density at radius 3 is 2.57 bits per heavy atom. The Kier molecular flexibility index (Phi) is 5.52. The van der Waals surface area contributed by atoms with Gasteiger partial charge in [0.15, 0.2) is 9.84 Å². The fourth-order valence-electron chi connectivity index (χ4n) is 2.56. The molecule has 1 aliphatic rings. The van der Waals surface area contributed by atoms with Crippen LogP contribution in [0.3, 0.4) is 0 Å². The summed E-state index contributed by atoms with van der Waals surface area (Å²) in [4.78, 5) is 0.364. The number of hydrogen-bond donors (Lipinski definition) is 1. The largest absolute Gasteiger partial charge is 0.381 e. The van der Waals surface area contributed by atoms with E-state index in [1.165, 1.54) is 0 Å². The van der Waals surface area contributed by atoms with Crippen molar-refractivity contribution in [3.05, 3.63) is 24.3 Å². The summed E-state index contributed by atoms with van der Waals surface area (Å²) in [5.41, 5.74) is 0.353. The molecular weight excluding hydrogens is 310 g/mol. The van der Waals surface area contributed by atoms with Crippen LogP contribution in [0.4, 0.5) is 5.69 Å². The minimum Gasteiger partial charge on any atom is -0.381 e. The Bertz CT molecular complexity index is 568. The third-order valence-electron chi connectivity index (χ3n) is 3.80. The fraction of sp³-hybridized carbons (Fsp3) is 0.600. The Balaban J connectivity index is 2.32. The number of benzene rings is 1. The number of nitrogens with one attached hydrogen (secondary N) is 1. The number of alkyl halides is 1. The average Bonchev–Trinajstić information content (AvgIpc) is 2.48. The highest BCUT2D eigenvalue weighted by Crippen LogP contribution is 2.31. The highest BCUT2D eigenvalue weighted by atomic mass is 35.5. The van der Waals surface area contributed by atoms with Gasteiger partial charge in [-0.3, -0.25) is 0 Å². The van der Waals surface area contributed by atoms with Crippen LogP contribution in [0.5, 0.6) is 0 Å². The zero-order valence-electron chi connectivity index (χ0n) is 12.3. The molecule has 1 heterocycles. The second-order valence-electron chi connectivity index (χ2n) is 5.47. The van der Waals surface area contributed by atoms with Crippen LogP contribution in [0.15, 0.2) is 29.2 Å². The predicted octanol–water partition coefficient (Wildman–Crippen LogP) is 3.07. The summed E-state index contributed by atoms with van der Waals surface area (Å²) < 4.78 is 30.2. The summed E-state index contributed by atoms with van der Waals surface area (Å²) in [6, 6.07) is 7.07. The van der Waals surface area contributed by atoms with Gasteiger partial charge in [0.1, 0.15) is 0 Å². The van der Waals surface area contributed by atoms with E-state index in [-0.39, 0.29) is 11.3 Å². The lowest BCUT2D eigenvalue weighted by Crippen LogP contribution is -2.45. The molecule has 0 radical (unpaired) electrons. The maximum atomic E-state index is 12.4. The van der Waals surface area contributed by atoms with Crippen LogP contribution in [0.1, 0.15) is 26.2 Å². The van der Waals surface area contributed by atoms with E-state index in [0.717, 1.165) is 12.8 Å². The number of sulfone groups is 1. The molecule has 0 aromatic heterocycles. The molecule has 0 unspecified atom stereocenters. The average molecular weight is 332 g/mol. The van der Waals surface area contributed by atoms with Crippen LogP contribution in [-0.2, 0) is 14.6 Å². The van der Waals surface area contributed by atoms with Gasteiger partial charge in [0, 0.05) is 19.1 Å². The zero-order valence-corrected chi connectivity index (χ0v) is 13.8. The molecule has 1 fully saturated rings. The van der Waals surface area contributed by atoms with Crippen molar-refractivity contribution in [1.82, 2.24) is 0 Å². The first-order valence-electron chi connectivity index (χ1n) is 7.27. The van der Waals surface area contributed by atoms with Crippen molar-refractivity contribution in [3.8, 4) is 0 Å². The van der Waals surface area contributed by atoms with Crippen molar-refractivity contribution < 1.29 is 13.2 Å². The van der Waals surface area contributed by atoms with E-state index >= 15 is 0 Å². The van der Waals surface area contributed by atoms with Gasteiger partial charge in [0.2, 0.25) is 0 Å².